The van der Waals surface area contributed by atoms with Gasteiger partial charge in [0, 0.05) is 19.3 Å². The number of aromatic nitrogens is 2. The molecule has 0 bridgehead atoms. The van der Waals surface area contributed by atoms with Gasteiger partial charge in [0.15, 0.2) is 0 Å². The predicted molar refractivity (Wildman–Crippen MR) is 84.4 cm³/mol. The minimum absolute atomic E-state index is 0.0310. The van der Waals surface area contributed by atoms with Crippen LogP contribution in [0.1, 0.15) is 11.3 Å². The molecule has 0 aliphatic heterocycles. The topological polar surface area (TPSA) is 111 Å². The number of hydrogen-bond donors (Lipinski definition) is 2. The minimum atomic E-state index is -0.545. The van der Waals surface area contributed by atoms with Crippen LogP contribution < -0.4 is 10.6 Å². The van der Waals surface area contributed by atoms with E-state index in [-0.39, 0.29) is 5.69 Å². The first-order valence-electron chi connectivity index (χ1n) is 6.78. The van der Waals surface area contributed by atoms with Crippen molar-refractivity contribution >= 4 is 23.3 Å². The second kappa shape index (κ2) is 6.77. The lowest BCUT2D eigenvalue weighted by Gasteiger charge is -2.08. The SMILES string of the molecule is COC(=O)Nc1ccc(CNc2c([N+](=O)[O-])c(C)nn2C)cc1. The lowest BCUT2D eigenvalue weighted by molar-refractivity contribution is -0.384. The van der Waals surface area contributed by atoms with Gasteiger partial charge in [0.1, 0.15) is 5.69 Å². The van der Waals surface area contributed by atoms with Gasteiger partial charge in [0.25, 0.3) is 0 Å². The van der Waals surface area contributed by atoms with Gasteiger partial charge in [-0.3, -0.25) is 15.4 Å². The molecule has 2 N–H and O–H groups in total. The lowest BCUT2D eigenvalue weighted by atomic mass is 10.2. The van der Waals surface area contributed by atoms with Crippen LogP contribution >= 0.6 is 0 Å². The molecule has 0 fully saturated rings. The molecule has 0 aliphatic rings. The van der Waals surface area contributed by atoms with E-state index in [9.17, 15) is 14.9 Å². The summed E-state index contributed by atoms with van der Waals surface area (Å²) in [6.07, 6.45) is -0.545. The molecule has 0 aliphatic carbocycles. The standard InChI is InChI=1S/C14H17N5O4/c1-9-12(19(21)22)13(18(2)17-9)15-8-10-4-6-11(7-5-10)16-14(20)23-3/h4-7,15H,8H2,1-3H3,(H,16,20). The molecule has 122 valence electrons. The molecule has 0 saturated carbocycles. The summed E-state index contributed by atoms with van der Waals surface area (Å²) in [5, 5.41) is 20.7. The van der Waals surface area contributed by atoms with Gasteiger partial charge in [-0.2, -0.15) is 5.10 Å². The van der Waals surface area contributed by atoms with Crippen molar-refractivity contribution in [1.29, 1.82) is 0 Å². The first kappa shape index (κ1) is 16.3. The Hall–Kier alpha value is -3.10. The van der Waals surface area contributed by atoms with Crippen molar-refractivity contribution in [3.8, 4) is 0 Å². The molecule has 23 heavy (non-hydrogen) atoms. The first-order valence-corrected chi connectivity index (χ1v) is 6.78. The van der Waals surface area contributed by atoms with E-state index in [1.165, 1.54) is 11.8 Å². The first-order chi connectivity index (χ1) is 10.9. The van der Waals surface area contributed by atoms with E-state index >= 15 is 0 Å². The summed E-state index contributed by atoms with van der Waals surface area (Å²) in [5.41, 5.74) is 1.82. The number of nitro groups is 1. The van der Waals surface area contributed by atoms with Crippen LogP contribution in [-0.2, 0) is 18.3 Å². The predicted octanol–water partition coefficient (Wildman–Crippen LogP) is 2.43. The van der Waals surface area contributed by atoms with Gasteiger partial charge in [-0.05, 0) is 24.6 Å². The highest BCUT2D eigenvalue weighted by atomic mass is 16.6. The maximum absolute atomic E-state index is 11.1. The monoisotopic (exact) mass is 319 g/mol. The van der Waals surface area contributed by atoms with E-state index in [1.54, 1.807) is 38.2 Å². The Morgan fingerprint density at radius 2 is 2.04 bits per heavy atom. The number of carbonyl (C=O) groups is 1. The molecule has 0 radical (unpaired) electrons. The Bertz CT molecular complexity index is 724. The molecule has 2 rings (SSSR count). The Morgan fingerprint density at radius 1 is 1.39 bits per heavy atom. The van der Waals surface area contributed by atoms with Crippen molar-refractivity contribution in [3.05, 3.63) is 45.6 Å². The number of nitrogens with zero attached hydrogens (tertiary/aromatic N) is 3. The Labute approximate surface area is 132 Å². The van der Waals surface area contributed by atoms with Gasteiger partial charge in [-0.25, -0.2) is 9.48 Å². The molecular formula is C14H17N5O4. The van der Waals surface area contributed by atoms with Crippen LogP contribution in [0.15, 0.2) is 24.3 Å². The van der Waals surface area contributed by atoms with Crippen molar-refractivity contribution in [3.63, 3.8) is 0 Å². The number of rotatable bonds is 5. The minimum Gasteiger partial charge on any atom is -0.453 e. The Kier molecular flexibility index (Phi) is 4.79. The summed E-state index contributed by atoms with van der Waals surface area (Å²) in [6, 6.07) is 7.04. The highest BCUT2D eigenvalue weighted by Crippen LogP contribution is 2.27. The van der Waals surface area contributed by atoms with Crippen LogP contribution in [0.4, 0.5) is 22.0 Å². The maximum atomic E-state index is 11.1. The van der Waals surface area contributed by atoms with Crippen LogP contribution in [0.5, 0.6) is 0 Å². The number of ether oxygens (including phenoxy) is 1. The number of carbonyl (C=O) groups excluding carboxylic acids is 1. The molecule has 0 spiro atoms. The number of benzene rings is 1. The molecule has 9 heteroatoms. The number of aryl methyl sites for hydroxylation is 2. The molecule has 0 unspecified atom stereocenters. The zero-order chi connectivity index (χ0) is 17.0. The highest BCUT2D eigenvalue weighted by molar-refractivity contribution is 5.84. The third-order valence-corrected chi connectivity index (χ3v) is 3.22. The molecule has 1 aromatic carbocycles. The second-order valence-corrected chi connectivity index (χ2v) is 4.83. The number of nitrogens with one attached hydrogen (secondary N) is 2. The number of hydrogen-bond acceptors (Lipinski definition) is 6. The molecule has 0 saturated heterocycles. The van der Waals surface area contributed by atoms with E-state index in [0.717, 1.165) is 5.56 Å². The van der Waals surface area contributed by atoms with Crippen LogP contribution in [0.2, 0.25) is 0 Å². The third-order valence-electron chi connectivity index (χ3n) is 3.22. The van der Waals surface area contributed by atoms with Gasteiger partial charge >= 0.3 is 11.8 Å². The zero-order valence-electron chi connectivity index (χ0n) is 13.0. The van der Waals surface area contributed by atoms with Crippen molar-refractivity contribution in [2.24, 2.45) is 7.05 Å². The number of anilines is 2. The van der Waals surface area contributed by atoms with E-state index in [1.807, 2.05) is 0 Å². The van der Waals surface area contributed by atoms with Crippen LogP contribution in [0.3, 0.4) is 0 Å². The van der Waals surface area contributed by atoms with Crippen molar-refractivity contribution < 1.29 is 14.5 Å². The fraction of sp³-hybridized carbons (Fsp3) is 0.286. The largest absolute Gasteiger partial charge is 0.453 e. The van der Waals surface area contributed by atoms with Crippen LogP contribution in [-0.4, -0.2) is 27.9 Å². The molecule has 1 aromatic heterocycles. The van der Waals surface area contributed by atoms with Crippen LogP contribution in [0, 0.1) is 17.0 Å². The van der Waals surface area contributed by atoms with E-state index in [2.05, 4.69) is 20.5 Å². The summed E-state index contributed by atoms with van der Waals surface area (Å²) in [7, 11) is 2.93. The van der Waals surface area contributed by atoms with E-state index < -0.39 is 11.0 Å². The van der Waals surface area contributed by atoms with Gasteiger partial charge < -0.3 is 10.1 Å². The summed E-state index contributed by atoms with van der Waals surface area (Å²) in [6.45, 7) is 1.98. The Morgan fingerprint density at radius 3 is 2.61 bits per heavy atom. The molecular weight excluding hydrogens is 302 g/mol. The number of methoxy groups -OCH3 is 1. The average Bonchev–Trinajstić information content (AvgIpc) is 2.80. The highest BCUT2D eigenvalue weighted by Gasteiger charge is 2.23. The fourth-order valence-electron chi connectivity index (χ4n) is 2.12. The molecule has 1 amide bonds. The van der Waals surface area contributed by atoms with Crippen molar-refractivity contribution in [2.45, 2.75) is 13.5 Å². The van der Waals surface area contributed by atoms with E-state index in [4.69, 9.17) is 0 Å². The van der Waals surface area contributed by atoms with Crippen LogP contribution in [0.25, 0.3) is 0 Å². The summed E-state index contributed by atoms with van der Waals surface area (Å²) < 4.78 is 5.95. The molecule has 9 nitrogen and oxygen atoms in total. The third kappa shape index (κ3) is 3.76. The fourth-order valence-corrected chi connectivity index (χ4v) is 2.12. The molecule has 1 heterocycles. The Balaban J connectivity index is 2.07. The van der Waals surface area contributed by atoms with E-state index in [0.29, 0.717) is 23.7 Å². The van der Waals surface area contributed by atoms with Crippen molar-refractivity contribution in [1.82, 2.24) is 9.78 Å². The van der Waals surface area contributed by atoms with Gasteiger partial charge in [-0.15, -0.1) is 0 Å². The zero-order valence-corrected chi connectivity index (χ0v) is 13.0. The lowest BCUT2D eigenvalue weighted by Crippen LogP contribution is -2.11. The summed E-state index contributed by atoms with van der Waals surface area (Å²) in [5.74, 6) is 0.351. The quantitative estimate of drug-likeness (QED) is 0.646. The average molecular weight is 319 g/mol. The van der Waals surface area contributed by atoms with Gasteiger partial charge in [0.05, 0.1) is 12.0 Å². The molecule has 2 aromatic rings. The maximum Gasteiger partial charge on any atom is 0.411 e. The summed E-state index contributed by atoms with van der Waals surface area (Å²) in [4.78, 5) is 21.8. The summed E-state index contributed by atoms with van der Waals surface area (Å²) >= 11 is 0. The second-order valence-electron chi connectivity index (χ2n) is 4.83. The smallest absolute Gasteiger partial charge is 0.411 e. The number of amides is 1. The van der Waals surface area contributed by atoms with Crippen molar-refractivity contribution in [2.75, 3.05) is 17.7 Å². The molecule has 0 atom stereocenters. The normalized spacial score (nSPS) is 10.2. The van der Waals surface area contributed by atoms with Gasteiger partial charge in [0.2, 0.25) is 5.82 Å². The van der Waals surface area contributed by atoms with Gasteiger partial charge in [-0.1, -0.05) is 12.1 Å².